The van der Waals surface area contributed by atoms with Gasteiger partial charge in [-0.3, -0.25) is 14.9 Å². The lowest BCUT2D eigenvalue weighted by molar-refractivity contribution is -0.383. The highest BCUT2D eigenvalue weighted by molar-refractivity contribution is 7.91. The number of esters is 1. The van der Waals surface area contributed by atoms with Crippen molar-refractivity contribution in [3.8, 4) is 0 Å². The van der Waals surface area contributed by atoms with Crippen molar-refractivity contribution in [3.63, 3.8) is 0 Å². The van der Waals surface area contributed by atoms with Gasteiger partial charge in [-0.05, 0) is 31.9 Å². The van der Waals surface area contributed by atoms with E-state index in [2.05, 4.69) is 0 Å². The molecule has 0 saturated carbocycles. The summed E-state index contributed by atoms with van der Waals surface area (Å²) in [4.78, 5) is 36.5. The van der Waals surface area contributed by atoms with Crippen molar-refractivity contribution in [1.29, 1.82) is 0 Å². The van der Waals surface area contributed by atoms with Crippen molar-refractivity contribution in [1.82, 2.24) is 4.90 Å². The van der Waals surface area contributed by atoms with E-state index >= 15 is 0 Å². The molecule has 11 heteroatoms. The molecule has 28 heavy (non-hydrogen) atoms. The van der Waals surface area contributed by atoms with E-state index < -0.39 is 45.0 Å². The average molecular weight is 413 g/mol. The predicted molar refractivity (Wildman–Crippen MR) is 101 cm³/mol. The molecule has 1 saturated heterocycles. The van der Waals surface area contributed by atoms with E-state index in [0.717, 1.165) is 6.07 Å². The van der Waals surface area contributed by atoms with Gasteiger partial charge in [-0.25, -0.2) is 13.2 Å². The van der Waals surface area contributed by atoms with Gasteiger partial charge in [0.2, 0.25) is 0 Å². The van der Waals surface area contributed by atoms with Crippen LogP contribution in [-0.2, 0) is 19.4 Å². The van der Waals surface area contributed by atoms with Crippen molar-refractivity contribution in [2.24, 2.45) is 0 Å². The Labute approximate surface area is 162 Å². The number of nitrogens with zero attached hydrogens (tertiary/aromatic N) is 2. The topological polar surface area (TPSA) is 150 Å². The van der Waals surface area contributed by atoms with Gasteiger partial charge in [-0.1, -0.05) is 6.92 Å². The highest BCUT2D eigenvalue weighted by atomic mass is 32.2. The number of ether oxygens (including phenoxy) is 1. The molecule has 1 aliphatic heterocycles. The van der Waals surface area contributed by atoms with Gasteiger partial charge in [-0.2, -0.15) is 0 Å². The Morgan fingerprint density at radius 3 is 2.64 bits per heavy atom. The molecule has 0 aromatic heterocycles. The van der Waals surface area contributed by atoms with Crippen molar-refractivity contribution >= 4 is 33.1 Å². The normalized spacial score (nSPS) is 19.0. The molecule has 0 unspecified atom stereocenters. The summed E-state index contributed by atoms with van der Waals surface area (Å²) in [7, 11) is -3.18. The monoisotopic (exact) mass is 413 g/mol. The minimum absolute atomic E-state index is 0.0206. The van der Waals surface area contributed by atoms with Crippen LogP contribution in [0.2, 0.25) is 0 Å². The minimum Gasteiger partial charge on any atom is -0.452 e. The first-order valence-corrected chi connectivity index (χ1v) is 10.6. The van der Waals surface area contributed by atoms with Crippen LogP contribution in [0, 0.1) is 10.1 Å². The summed E-state index contributed by atoms with van der Waals surface area (Å²) in [6, 6.07) is 2.79. The molecule has 1 heterocycles. The number of amides is 1. The average Bonchev–Trinajstić information content (AvgIpc) is 2.99. The number of nitro groups is 1. The number of anilines is 1. The van der Waals surface area contributed by atoms with E-state index in [-0.39, 0.29) is 28.8 Å². The molecule has 0 radical (unpaired) electrons. The Morgan fingerprint density at radius 2 is 2.11 bits per heavy atom. The van der Waals surface area contributed by atoms with Gasteiger partial charge in [0.25, 0.3) is 11.6 Å². The standard InChI is InChI=1S/C17H23N3O7S/c1-3-11(2)19(13-6-7-28(25,26)10-13)16(21)9-27-17(22)12-4-5-14(18)15(8-12)20(23)24/h4-5,8,11,13H,3,6-7,9-10,18H2,1-2H3/t11-,13-/m1/s1. The van der Waals surface area contributed by atoms with Crippen molar-refractivity contribution in [2.75, 3.05) is 23.8 Å². The third kappa shape index (κ3) is 4.97. The van der Waals surface area contributed by atoms with Crippen molar-refractivity contribution in [2.45, 2.75) is 38.8 Å². The number of nitrogen functional groups attached to an aromatic ring is 1. The smallest absolute Gasteiger partial charge is 0.338 e. The van der Waals surface area contributed by atoms with E-state index in [9.17, 15) is 28.1 Å². The summed E-state index contributed by atoms with van der Waals surface area (Å²) in [6.45, 7) is 3.08. The van der Waals surface area contributed by atoms with Crippen LogP contribution in [0.3, 0.4) is 0 Å². The second kappa shape index (κ2) is 8.55. The van der Waals surface area contributed by atoms with Gasteiger partial charge in [0.15, 0.2) is 16.4 Å². The van der Waals surface area contributed by atoms with Gasteiger partial charge in [0.05, 0.1) is 22.0 Å². The maximum Gasteiger partial charge on any atom is 0.338 e. The van der Waals surface area contributed by atoms with Crippen LogP contribution >= 0.6 is 0 Å². The van der Waals surface area contributed by atoms with Crippen LogP contribution in [0.25, 0.3) is 0 Å². The first-order chi connectivity index (χ1) is 13.1. The maximum atomic E-state index is 12.6. The lowest BCUT2D eigenvalue weighted by Gasteiger charge is -2.33. The molecule has 1 fully saturated rings. The lowest BCUT2D eigenvalue weighted by atomic mass is 10.1. The molecule has 2 atom stereocenters. The van der Waals surface area contributed by atoms with Gasteiger partial charge >= 0.3 is 5.97 Å². The van der Waals surface area contributed by atoms with Gasteiger partial charge in [0.1, 0.15) is 5.69 Å². The molecule has 1 aromatic carbocycles. The number of hydrogen-bond acceptors (Lipinski definition) is 8. The molecule has 1 aromatic rings. The zero-order valence-electron chi connectivity index (χ0n) is 15.7. The maximum absolute atomic E-state index is 12.6. The molecular weight excluding hydrogens is 390 g/mol. The number of nitrogens with two attached hydrogens (primary N) is 1. The number of sulfone groups is 1. The van der Waals surface area contributed by atoms with E-state index in [1.54, 1.807) is 6.92 Å². The van der Waals surface area contributed by atoms with Crippen LogP contribution in [0.15, 0.2) is 18.2 Å². The first-order valence-electron chi connectivity index (χ1n) is 8.78. The molecule has 2 rings (SSSR count). The molecule has 1 aliphatic rings. The lowest BCUT2D eigenvalue weighted by Crippen LogP contribution is -2.48. The van der Waals surface area contributed by atoms with Crippen molar-refractivity contribution in [3.05, 3.63) is 33.9 Å². The largest absolute Gasteiger partial charge is 0.452 e. The molecule has 2 N–H and O–H groups in total. The summed E-state index contributed by atoms with van der Waals surface area (Å²) < 4.78 is 28.5. The summed E-state index contributed by atoms with van der Waals surface area (Å²) in [5.41, 5.74) is 4.86. The fourth-order valence-electron chi connectivity index (χ4n) is 3.11. The van der Waals surface area contributed by atoms with E-state index in [1.807, 2.05) is 6.92 Å². The second-order valence-corrected chi connectivity index (χ2v) is 8.95. The third-order valence-corrected chi connectivity index (χ3v) is 6.50. The predicted octanol–water partition coefficient (Wildman–Crippen LogP) is 1.15. The van der Waals surface area contributed by atoms with E-state index in [4.69, 9.17) is 10.5 Å². The summed E-state index contributed by atoms with van der Waals surface area (Å²) in [5.74, 6) is -1.50. The molecule has 0 aliphatic carbocycles. The summed E-state index contributed by atoms with van der Waals surface area (Å²) in [5, 5.41) is 10.9. The Kier molecular flexibility index (Phi) is 6.60. The summed E-state index contributed by atoms with van der Waals surface area (Å²) >= 11 is 0. The second-order valence-electron chi connectivity index (χ2n) is 6.72. The van der Waals surface area contributed by atoms with Crippen LogP contribution in [0.1, 0.15) is 37.0 Å². The molecular formula is C17H23N3O7S. The summed E-state index contributed by atoms with van der Waals surface area (Å²) in [6.07, 6.45) is 0.955. The minimum atomic E-state index is -3.18. The SMILES string of the molecule is CC[C@@H](C)N(C(=O)COC(=O)c1ccc(N)c([N+](=O)[O-])c1)[C@@H]1CCS(=O)(=O)C1. The van der Waals surface area contributed by atoms with E-state index in [1.165, 1.54) is 17.0 Å². The molecule has 0 bridgehead atoms. The number of rotatable bonds is 7. The van der Waals surface area contributed by atoms with Gasteiger partial charge in [0, 0.05) is 18.2 Å². The molecule has 154 valence electrons. The van der Waals surface area contributed by atoms with Gasteiger partial charge in [-0.15, -0.1) is 0 Å². The number of hydrogen-bond donors (Lipinski definition) is 1. The Morgan fingerprint density at radius 1 is 1.43 bits per heavy atom. The molecule has 1 amide bonds. The van der Waals surface area contributed by atoms with E-state index in [0.29, 0.717) is 12.8 Å². The Bertz CT molecular complexity index is 885. The molecule has 0 spiro atoms. The van der Waals surface area contributed by atoms with Crippen LogP contribution < -0.4 is 5.73 Å². The fraction of sp³-hybridized carbons (Fsp3) is 0.529. The highest BCUT2D eigenvalue weighted by Crippen LogP contribution is 2.24. The Hall–Kier alpha value is -2.69. The Balaban J connectivity index is 2.09. The molecule has 10 nitrogen and oxygen atoms in total. The quantitative estimate of drug-likeness (QED) is 0.303. The highest BCUT2D eigenvalue weighted by Gasteiger charge is 2.36. The first kappa shape index (κ1) is 21.6. The zero-order valence-corrected chi connectivity index (χ0v) is 16.5. The fourth-order valence-corrected chi connectivity index (χ4v) is 4.83. The van der Waals surface area contributed by atoms with Crippen LogP contribution in [0.5, 0.6) is 0 Å². The number of carbonyl (C=O) groups excluding carboxylic acids is 2. The third-order valence-electron chi connectivity index (χ3n) is 4.75. The van der Waals surface area contributed by atoms with Crippen LogP contribution in [-0.4, -0.2) is 60.3 Å². The van der Waals surface area contributed by atoms with Gasteiger partial charge < -0.3 is 15.4 Å². The van der Waals surface area contributed by atoms with Crippen LogP contribution in [0.4, 0.5) is 11.4 Å². The zero-order chi connectivity index (χ0) is 21.1. The van der Waals surface area contributed by atoms with Crippen molar-refractivity contribution < 1.29 is 27.7 Å². The number of benzene rings is 1. The number of carbonyl (C=O) groups is 2. The number of nitro benzene ring substituents is 1.